The predicted molar refractivity (Wildman–Crippen MR) is 89.2 cm³/mol. The van der Waals surface area contributed by atoms with Crippen molar-refractivity contribution in [2.75, 3.05) is 25.1 Å². The zero-order chi connectivity index (χ0) is 17.1. The van der Waals surface area contributed by atoms with Crippen LogP contribution in [0.5, 0.6) is 0 Å². The molecule has 0 radical (unpaired) electrons. The van der Waals surface area contributed by atoms with E-state index in [0.29, 0.717) is 6.42 Å². The van der Waals surface area contributed by atoms with Crippen molar-refractivity contribution in [2.45, 2.75) is 25.0 Å². The number of anilines is 1. The molecule has 3 heterocycles. The molecule has 2 aromatic rings. The van der Waals surface area contributed by atoms with Gasteiger partial charge in [0.25, 0.3) is 0 Å². The molecule has 1 aliphatic heterocycles. The van der Waals surface area contributed by atoms with Crippen molar-refractivity contribution in [1.82, 2.24) is 15.3 Å². The number of fused-ring (bicyclic) bond motifs is 1. The maximum Gasteiger partial charge on any atom is 0.334 e. The molecule has 2 atom stereocenters. The molecule has 1 saturated heterocycles. The summed E-state index contributed by atoms with van der Waals surface area (Å²) in [6.45, 7) is 0.666. The fraction of sp³-hybridized carbons (Fsp3) is 0.467. The Morgan fingerprint density at radius 3 is 3.12 bits per heavy atom. The Morgan fingerprint density at radius 1 is 1.54 bits per heavy atom. The van der Waals surface area contributed by atoms with Gasteiger partial charge in [0.05, 0.1) is 11.9 Å². The second-order valence-corrected chi connectivity index (χ2v) is 6.39. The molecule has 1 amide bonds. The van der Waals surface area contributed by atoms with Crippen LogP contribution in [0.15, 0.2) is 17.8 Å². The van der Waals surface area contributed by atoms with Crippen molar-refractivity contribution >= 4 is 39.2 Å². The van der Waals surface area contributed by atoms with Gasteiger partial charge in [0.15, 0.2) is 6.10 Å². The smallest absolute Gasteiger partial charge is 0.334 e. The van der Waals surface area contributed by atoms with Crippen molar-refractivity contribution in [3.05, 3.63) is 17.8 Å². The first-order valence-corrected chi connectivity index (χ1v) is 8.48. The van der Waals surface area contributed by atoms with Crippen LogP contribution in [-0.4, -0.2) is 59.3 Å². The van der Waals surface area contributed by atoms with Crippen molar-refractivity contribution < 1.29 is 19.4 Å². The number of carboxylic acid groups (broad SMARTS) is 1. The summed E-state index contributed by atoms with van der Waals surface area (Å²) in [4.78, 5) is 34.9. The Morgan fingerprint density at radius 2 is 2.38 bits per heavy atom. The van der Waals surface area contributed by atoms with E-state index >= 15 is 0 Å². The number of carbonyl (C=O) groups is 2. The first-order chi connectivity index (χ1) is 11.6. The first-order valence-electron chi connectivity index (χ1n) is 7.60. The van der Waals surface area contributed by atoms with Crippen LogP contribution >= 0.6 is 11.3 Å². The summed E-state index contributed by atoms with van der Waals surface area (Å²) >= 11 is 1.53. The highest BCUT2D eigenvalue weighted by atomic mass is 32.1. The average Bonchev–Trinajstić information content (AvgIpc) is 3.23. The fourth-order valence-corrected chi connectivity index (χ4v) is 3.61. The molecule has 3 rings (SSSR count). The fourth-order valence-electron chi connectivity index (χ4n) is 2.88. The van der Waals surface area contributed by atoms with Crippen LogP contribution in [0.4, 0.5) is 5.82 Å². The molecule has 0 spiro atoms. The van der Waals surface area contributed by atoms with Crippen LogP contribution in [0.1, 0.15) is 12.8 Å². The minimum Gasteiger partial charge on any atom is -0.479 e. The second kappa shape index (κ2) is 7.10. The van der Waals surface area contributed by atoms with Crippen LogP contribution < -0.4 is 10.2 Å². The van der Waals surface area contributed by atoms with Gasteiger partial charge in [-0.05, 0) is 24.3 Å². The third-order valence-corrected chi connectivity index (χ3v) is 4.91. The van der Waals surface area contributed by atoms with E-state index in [-0.39, 0.29) is 18.5 Å². The highest BCUT2D eigenvalue weighted by Crippen LogP contribution is 2.31. The Hall–Kier alpha value is -2.26. The predicted octanol–water partition coefficient (Wildman–Crippen LogP) is 0.876. The van der Waals surface area contributed by atoms with Gasteiger partial charge in [-0.2, -0.15) is 0 Å². The lowest BCUT2D eigenvalue weighted by Crippen LogP contribution is -2.47. The summed E-state index contributed by atoms with van der Waals surface area (Å²) in [5.41, 5.74) is 0. The third kappa shape index (κ3) is 3.17. The normalized spacial score (nSPS) is 18.7. The molecule has 1 aliphatic rings. The van der Waals surface area contributed by atoms with Gasteiger partial charge in [0.2, 0.25) is 5.91 Å². The number of methoxy groups -OCH3 is 1. The van der Waals surface area contributed by atoms with Gasteiger partial charge in [0.1, 0.15) is 23.0 Å². The molecule has 1 fully saturated rings. The number of ether oxygens (including phenoxy) is 1. The number of aliphatic carboxylic acids is 1. The number of hydrogen-bond donors (Lipinski definition) is 2. The highest BCUT2D eigenvalue weighted by molar-refractivity contribution is 7.16. The largest absolute Gasteiger partial charge is 0.479 e. The summed E-state index contributed by atoms with van der Waals surface area (Å²) < 4.78 is 4.84. The lowest BCUT2D eigenvalue weighted by molar-refractivity contribution is -0.148. The molecule has 0 saturated carbocycles. The molecule has 128 valence electrons. The van der Waals surface area contributed by atoms with Crippen LogP contribution in [0.25, 0.3) is 10.2 Å². The number of carboxylic acids is 1. The number of thiophene rings is 1. The molecule has 0 bridgehead atoms. The maximum absolute atomic E-state index is 12.5. The van der Waals surface area contributed by atoms with Gasteiger partial charge >= 0.3 is 5.97 Å². The Bertz CT molecular complexity index is 750. The van der Waals surface area contributed by atoms with Crippen LogP contribution in [0, 0.1) is 0 Å². The van der Waals surface area contributed by atoms with Crippen molar-refractivity contribution in [1.29, 1.82) is 0 Å². The molecule has 0 aromatic carbocycles. The van der Waals surface area contributed by atoms with Crippen molar-refractivity contribution in [3.8, 4) is 0 Å². The molecule has 8 nitrogen and oxygen atoms in total. The molecule has 9 heteroatoms. The monoisotopic (exact) mass is 350 g/mol. The Balaban J connectivity index is 1.74. The standard InChI is InChI=1S/C15H18N4O4S/c1-23-11(15(21)22)7-16-13(20)10-3-2-5-19(10)12-9-4-6-24-14(9)18-8-17-12/h4,6,8,10-11H,2-3,5,7H2,1H3,(H,16,20)(H,21,22). The minimum absolute atomic E-state index is 0.0629. The number of rotatable bonds is 6. The zero-order valence-electron chi connectivity index (χ0n) is 13.1. The number of aromatic nitrogens is 2. The molecular weight excluding hydrogens is 332 g/mol. The van der Waals surface area contributed by atoms with Crippen molar-refractivity contribution in [3.63, 3.8) is 0 Å². The van der Waals surface area contributed by atoms with Gasteiger partial charge < -0.3 is 20.1 Å². The first kappa shape index (κ1) is 16.6. The summed E-state index contributed by atoms with van der Waals surface area (Å²) in [6, 6.07) is 1.59. The van der Waals surface area contributed by atoms with Crippen LogP contribution in [-0.2, 0) is 14.3 Å². The lowest BCUT2D eigenvalue weighted by atomic mass is 10.2. The SMILES string of the molecule is COC(CNC(=O)C1CCCN1c1ncnc2sccc12)C(=O)O. The number of amides is 1. The molecule has 2 unspecified atom stereocenters. The van der Waals surface area contributed by atoms with E-state index in [1.165, 1.54) is 24.8 Å². The quantitative estimate of drug-likeness (QED) is 0.796. The van der Waals surface area contributed by atoms with E-state index in [2.05, 4.69) is 15.3 Å². The number of hydrogen-bond acceptors (Lipinski definition) is 7. The van der Waals surface area contributed by atoms with Gasteiger partial charge in [0, 0.05) is 13.7 Å². The van der Waals surface area contributed by atoms with Gasteiger partial charge in [-0.1, -0.05) is 0 Å². The summed E-state index contributed by atoms with van der Waals surface area (Å²) in [7, 11) is 1.31. The van der Waals surface area contributed by atoms with Crippen molar-refractivity contribution in [2.24, 2.45) is 0 Å². The van der Waals surface area contributed by atoms with E-state index in [4.69, 9.17) is 9.84 Å². The number of carbonyl (C=O) groups excluding carboxylic acids is 1. The highest BCUT2D eigenvalue weighted by Gasteiger charge is 2.33. The van der Waals surface area contributed by atoms with Gasteiger partial charge in [-0.25, -0.2) is 14.8 Å². The van der Waals surface area contributed by atoms with E-state index in [0.717, 1.165) is 29.0 Å². The molecule has 2 N–H and O–H groups in total. The number of nitrogens with one attached hydrogen (secondary N) is 1. The molecule has 2 aromatic heterocycles. The van der Waals surface area contributed by atoms with E-state index in [1.807, 2.05) is 16.3 Å². The zero-order valence-corrected chi connectivity index (χ0v) is 14.0. The maximum atomic E-state index is 12.5. The van der Waals surface area contributed by atoms with Gasteiger partial charge in [-0.15, -0.1) is 11.3 Å². The number of nitrogens with zero attached hydrogens (tertiary/aromatic N) is 3. The van der Waals surface area contributed by atoms with E-state index in [9.17, 15) is 9.59 Å². The van der Waals surface area contributed by atoms with E-state index in [1.54, 1.807) is 0 Å². The molecular formula is C15H18N4O4S. The topological polar surface area (TPSA) is 105 Å². The van der Waals surface area contributed by atoms with E-state index < -0.39 is 12.1 Å². The average molecular weight is 350 g/mol. The molecule has 0 aliphatic carbocycles. The van der Waals surface area contributed by atoms with Gasteiger partial charge in [-0.3, -0.25) is 4.79 Å². The lowest BCUT2D eigenvalue weighted by Gasteiger charge is -2.25. The van der Waals surface area contributed by atoms with Crippen LogP contribution in [0.3, 0.4) is 0 Å². The summed E-state index contributed by atoms with van der Waals surface area (Å²) in [6.07, 6.45) is 2.03. The van der Waals surface area contributed by atoms with Crippen LogP contribution in [0.2, 0.25) is 0 Å². The Labute approximate surface area is 142 Å². The summed E-state index contributed by atoms with van der Waals surface area (Å²) in [5.74, 6) is -0.560. The Kier molecular flexibility index (Phi) is 4.91. The third-order valence-electron chi connectivity index (χ3n) is 4.09. The minimum atomic E-state index is -1.10. The molecule has 24 heavy (non-hydrogen) atoms. The second-order valence-electron chi connectivity index (χ2n) is 5.50. The summed E-state index contributed by atoms with van der Waals surface area (Å²) in [5, 5.41) is 14.5.